The molecule has 2 nitrogen and oxygen atoms in total. The lowest BCUT2D eigenvalue weighted by Gasteiger charge is -2.26. The number of benzene rings is 1. The van der Waals surface area contributed by atoms with Crippen molar-refractivity contribution in [3.63, 3.8) is 0 Å². The van der Waals surface area contributed by atoms with E-state index in [0.29, 0.717) is 18.6 Å². The Bertz CT molecular complexity index is 423. The van der Waals surface area contributed by atoms with Gasteiger partial charge < -0.3 is 4.74 Å². The Hall–Kier alpha value is -1.31. The van der Waals surface area contributed by atoms with E-state index in [1.807, 2.05) is 32.0 Å². The summed E-state index contributed by atoms with van der Waals surface area (Å²) in [5, 5.41) is 0. The van der Waals surface area contributed by atoms with E-state index in [2.05, 4.69) is 13.0 Å². The number of carbonyl (C=O) groups excluding carboxylic acids is 1. The maximum absolute atomic E-state index is 11.5. The number of hydrogen-bond acceptors (Lipinski definition) is 2. The van der Waals surface area contributed by atoms with Crippen molar-refractivity contribution in [1.29, 1.82) is 0 Å². The van der Waals surface area contributed by atoms with Crippen molar-refractivity contribution < 1.29 is 9.53 Å². The molecule has 17 heavy (non-hydrogen) atoms. The molecule has 0 radical (unpaired) electrons. The molecule has 92 valence electrons. The quantitative estimate of drug-likeness (QED) is 0.797. The second-order valence-electron chi connectivity index (χ2n) is 5.44. The van der Waals surface area contributed by atoms with Crippen LogP contribution in [0.5, 0.6) is 5.75 Å². The Labute approximate surface area is 103 Å². The summed E-state index contributed by atoms with van der Waals surface area (Å²) in [7, 11) is 0. The third kappa shape index (κ3) is 2.51. The summed E-state index contributed by atoms with van der Waals surface area (Å²) in [5.74, 6) is 1.30. The van der Waals surface area contributed by atoms with Gasteiger partial charge in [0.1, 0.15) is 11.5 Å². The molecule has 1 fully saturated rings. The number of ketones is 1. The number of rotatable bonds is 3. The standard InChI is InChI=1S/C15H20O2/c1-11(2)17-14-7-5-4-6-13(14)15(3)9-8-12(16)10-15/h4-7,11H,8-10H2,1-3H3. The van der Waals surface area contributed by atoms with Crippen LogP contribution in [-0.4, -0.2) is 11.9 Å². The van der Waals surface area contributed by atoms with E-state index >= 15 is 0 Å². The summed E-state index contributed by atoms with van der Waals surface area (Å²) in [6.07, 6.45) is 2.44. The van der Waals surface area contributed by atoms with Gasteiger partial charge in [0.2, 0.25) is 0 Å². The molecule has 0 N–H and O–H groups in total. The molecule has 0 heterocycles. The van der Waals surface area contributed by atoms with Crippen LogP contribution in [0.25, 0.3) is 0 Å². The van der Waals surface area contributed by atoms with Crippen LogP contribution in [0.3, 0.4) is 0 Å². The van der Waals surface area contributed by atoms with Crippen molar-refractivity contribution >= 4 is 5.78 Å². The summed E-state index contributed by atoms with van der Waals surface area (Å²) in [4.78, 5) is 11.5. The Morgan fingerprint density at radius 2 is 2.00 bits per heavy atom. The van der Waals surface area contributed by atoms with Gasteiger partial charge in [-0.25, -0.2) is 0 Å². The molecule has 0 amide bonds. The Balaban J connectivity index is 2.34. The minimum absolute atomic E-state index is 0.0391. The first kappa shape index (κ1) is 12.2. The number of carbonyl (C=O) groups is 1. The maximum Gasteiger partial charge on any atom is 0.133 e. The maximum atomic E-state index is 11.5. The van der Waals surface area contributed by atoms with Crippen molar-refractivity contribution in [2.45, 2.75) is 51.6 Å². The molecule has 2 heteroatoms. The molecule has 1 saturated carbocycles. The van der Waals surface area contributed by atoms with E-state index in [-0.39, 0.29) is 11.5 Å². The van der Waals surface area contributed by atoms with Gasteiger partial charge in [0, 0.05) is 23.8 Å². The largest absolute Gasteiger partial charge is 0.491 e. The first-order valence-corrected chi connectivity index (χ1v) is 6.29. The van der Waals surface area contributed by atoms with Gasteiger partial charge in [-0.3, -0.25) is 4.79 Å². The van der Waals surface area contributed by atoms with Gasteiger partial charge >= 0.3 is 0 Å². The number of ether oxygens (including phenoxy) is 1. The van der Waals surface area contributed by atoms with Crippen LogP contribution in [-0.2, 0) is 10.2 Å². The lowest BCUT2D eigenvalue weighted by Crippen LogP contribution is -2.20. The SMILES string of the molecule is CC(C)Oc1ccccc1C1(C)CCC(=O)C1. The fourth-order valence-corrected chi connectivity index (χ4v) is 2.58. The van der Waals surface area contributed by atoms with Crippen molar-refractivity contribution in [2.24, 2.45) is 0 Å². The topological polar surface area (TPSA) is 26.3 Å². The predicted molar refractivity (Wildman–Crippen MR) is 68.4 cm³/mol. The molecule has 0 aliphatic heterocycles. The molecular formula is C15H20O2. The Morgan fingerprint density at radius 1 is 1.29 bits per heavy atom. The van der Waals surface area contributed by atoms with Crippen LogP contribution >= 0.6 is 0 Å². The van der Waals surface area contributed by atoms with E-state index in [1.54, 1.807) is 0 Å². The highest BCUT2D eigenvalue weighted by Crippen LogP contribution is 2.42. The van der Waals surface area contributed by atoms with Gasteiger partial charge in [-0.05, 0) is 26.3 Å². The molecule has 1 aromatic rings. The molecule has 1 atom stereocenters. The van der Waals surface area contributed by atoms with Crippen LogP contribution in [0.15, 0.2) is 24.3 Å². The van der Waals surface area contributed by atoms with E-state index in [9.17, 15) is 4.79 Å². The smallest absolute Gasteiger partial charge is 0.133 e. The number of para-hydroxylation sites is 1. The van der Waals surface area contributed by atoms with E-state index in [1.165, 1.54) is 5.56 Å². The van der Waals surface area contributed by atoms with E-state index in [0.717, 1.165) is 12.2 Å². The van der Waals surface area contributed by atoms with Crippen LogP contribution in [0.4, 0.5) is 0 Å². The molecule has 0 saturated heterocycles. The predicted octanol–water partition coefficient (Wildman–Crippen LogP) is 3.48. The monoisotopic (exact) mass is 232 g/mol. The van der Waals surface area contributed by atoms with Crippen molar-refractivity contribution in [3.8, 4) is 5.75 Å². The van der Waals surface area contributed by atoms with Crippen molar-refractivity contribution in [2.75, 3.05) is 0 Å². The van der Waals surface area contributed by atoms with Crippen LogP contribution in [0, 0.1) is 0 Å². The van der Waals surface area contributed by atoms with Crippen molar-refractivity contribution in [3.05, 3.63) is 29.8 Å². The summed E-state index contributed by atoms with van der Waals surface area (Å²) in [6, 6.07) is 8.11. The molecule has 0 aromatic heterocycles. The van der Waals surface area contributed by atoms with Crippen LogP contribution in [0.2, 0.25) is 0 Å². The lowest BCUT2D eigenvalue weighted by atomic mass is 9.80. The molecular weight excluding hydrogens is 212 g/mol. The Kier molecular flexibility index (Phi) is 3.23. The normalized spacial score (nSPS) is 24.4. The average molecular weight is 232 g/mol. The minimum Gasteiger partial charge on any atom is -0.491 e. The minimum atomic E-state index is -0.0391. The molecule has 1 aromatic carbocycles. The number of hydrogen-bond donors (Lipinski definition) is 0. The first-order valence-electron chi connectivity index (χ1n) is 6.29. The fraction of sp³-hybridized carbons (Fsp3) is 0.533. The van der Waals surface area contributed by atoms with Gasteiger partial charge in [-0.2, -0.15) is 0 Å². The van der Waals surface area contributed by atoms with Crippen LogP contribution in [0.1, 0.15) is 45.6 Å². The van der Waals surface area contributed by atoms with Gasteiger partial charge in [-0.1, -0.05) is 25.1 Å². The van der Waals surface area contributed by atoms with Gasteiger partial charge in [0.05, 0.1) is 6.10 Å². The first-order chi connectivity index (χ1) is 8.01. The summed E-state index contributed by atoms with van der Waals surface area (Å²) in [5.41, 5.74) is 1.14. The zero-order valence-electron chi connectivity index (χ0n) is 10.8. The lowest BCUT2D eigenvalue weighted by molar-refractivity contribution is -0.117. The van der Waals surface area contributed by atoms with Crippen LogP contribution < -0.4 is 4.74 Å². The Morgan fingerprint density at radius 3 is 2.59 bits per heavy atom. The highest BCUT2D eigenvalue weighted by Gasteiger charge is 2.37. The molecule has 1 aliphatic carbocycles. The summed E-state index contributed by atoms with van der Waals surface area (Å²) < 4.78 is 5.85. The molecule has 0 spiro atoms. The summed E-state index contributed by atoms with van der Waals surface area (Å²) >= 11 is 0. The summed E-state index contributed by atoms with van der Waals surface area (Å²) in [6.45, 7) is 6.22. The molecule has 0 bridgehead atoms. The zero-order chi connectivity index (χ0) is 12.5. The van der Waals surface area contributed by atoms with Gasteiger partial charge in [0.25, 0.3) is 0 Å². The van der Waals surface area contributed by atoms with Gasteiger partial charge in [0.15, 0.2) is 0 Å². The number of Topliss-reactive ketones (excluding diaryl/α,β-unsaturated/α-hetero) is 1. The van der Waals surface area contributed by atoms with E-state index in [4.69, 9.17) is 4.74 Å². The highest BCUT2D eigenvalue weighted by molar-refractivity contribution is 5.83. The van der Waals surface area contributed by atoms with Gasteiger partial charge in [-0.15, -0.1) is 0 Å². The third-order valence-corrected chi connectivity index (χ3v) is 3.44. The zero-order valence-corrected chi connectivity index (χ0v) is 10.8. The second kappa shape index (κ2) is 4.52. The molecule has 1 unspecified atom stereocenters. The second-order valence-corrected chi connectivity index (χ2v) is 5.44. The average Bonchev–Trinajstić information content (AvgIpc) is 2.59. The van der Waals surface area contributed by atoms with Crippen molar-refractivity contribution in [1.82, 2.24) is 0 Å². The third-order valence-electron chi connectivity index (χ3n) is 3.44. The molecule has 2 rings (SSSR count). The fourth-order valence-electron chi connectivity index (χ4n) is 2.58. The van der Waals surface area contributed by atoms with E-state index < -0.39 is 0 Å². The molecule has 1 aliphatic rings. The highest BCUT2D eigenvalue weighted by atomic mass is 16.5.